The maximum Gasteiger partial charge on any atom is 0.264 e. The number of thiocarbonyl (C=S) groups is 1. The Bertz CT molecular complexity index is 1230. The van der Waals surface area contributed by atoms with Crippen LogP contribution in [-0.4, -0.2) is 29.4 Å². The molecule has 0 unspecified atom stereocenters. The highest BCUT2D eigenvalue weighted by atomic mass is 35.5. The van der Waals surface area contributed by atoms with Crippen molar-refractivity contribution in [2.24, 2.45) is 0 Å². The highest BCUT2D eigenvalue weighted by molar-refractivity contribution is 7.80. The molecule has 0 heterocycles. The lowest BCUT2D eigenvalue weighted by atomic mass is 10.1. The topological polar surface area (TPSA) is 109 Å². The molecule has 0 saturated carbocycles. The molecule has 0 atom stereocenters. The first kappa shape index (κ1) is 24.9. The first-order chi connectivity index (χ1) is 16.3. The lowest BCUT2D eigenvalue weighted by molar-refractivity contribution is -0.125. The van der Waals surface area contributed by atoms with Crippen LogP contribution in [0.15, 0.2) is 60.7 Å². The predicted octanol–water partition coefficient (Wildman–Crippen LogP) is 3.62. The van der Waals surface area contributed by atoms with Gasteiger partial charge in [0.1, 0.15) is 5.75 Å². The number of nitrogens with one attached hydrogen (secondary N) is 4. The summed E-state index contributed by atoms with van der Waals surface area (Å²) in [5.74, 6) is -0.717. The number of fused-ring (bicyclic) bond motifs is 1. The molecule has 4 N–H and O–H groups in total. The smallest absolute Gasteiger partial charge is 0.264 e. The van der Waals surface area contributed by atoms with Gasteiger partial charge in [0.15, 0.2) is 11.7 Å². The molecule has 0 aliphatic carbocycles. The van der Waals surface area contributed by atoms with Crippen LogP contribution in [-0.2, 0) is 14.4 Å². The van der Waals surface area contributed by atoms with Gasteiger partial charge in [-0.1, -0.05) is 54.1 Å². The Balaban J connectivity index is 1.36. The van der Waals surface area contributed by atoms with E-state index in [2.05, 4.69) is 21.5 Å². The van der Waals surface area contributed by atoms with Gasteiger partial charge in [-0.25, -0.2) is 0 Å². The van der Waals surface area contributed by atoms with E-state index in [0.29, 0.717) is 16.5 Å². The fourth-order valence-corrected chi connectivity index (χ4v) is 3.37. The highest BCUT2D eigenvalue weighted by Crippen LogP contribution is 2.25. The van der Waals surface area contributed by atoms with Crippen molar-refractivity contribution in [3.05, 3.63) is 71.2 Å². The standard InChI is InChI=1S/C24H23ClN4O4S/c1-15-18(25)9-5-10-19(15)26-21(30)12-13-22(31)28-29-24(34)27-23(32)14-33-20-11-4-7-16-6-2-3-8-17(16)20/h2-11H,12-14H2,1H3,(H,26,30)(H,28,31)(H2,27,29,32,34). The Labute approximate surface area is 207 Å². The van der Waals surface area contributed by atoms with Gasteiger partial charge in [0.25, 0.3) is 5.91 Å². The molecule has 0 aromatic heterocycles. The normalized spacial score (nSPS) is 10.3. The Morgan fingerprint density at radius 1 is 0.882 bits per heavy atom. The average Bonchev–Trinajstić information content (AvgIpc) is 2.83. The van der Waals surface area contributed by atoms with E-state index in [1.807, 2.05) is 36.4 Å². The van der Waals surface area contributed by atoms with Gasteiger partial charge in [0.2, 0.25) is 11.8 Å². The summed E-state index contributed by atoms with van der Waals surface area (Å²) in [5.41, 5.74) is 6.10. The van der Waals surface area contributed by atoms with Crippen LogP contribution >= 0.6 is 23.8 Å². The molecule has 3 rings (SSSR count). The lowest BCUT2D eigenvalue weighted by Gasteiger charge is -2.12. The van der Waals surface area contributed by atoms with Gasteiger partial charge in [-0.05, 0) is 48.3 Å². The zero-order valence-electron chi connectivity index (χ0n) is 18.3. The van der Waals surface area contributed by atoms with E-state index >= 15 is 0 Å². The number of carbonyl (C=O) groups excluding carboxylic acids is 3. The molecule has 0 saturated heterocycles. The quantitative estimate of drug-likeness (QED) is 0.293. The van der Waals surface area contributed by atoms with Crippen LogP contribution in [0.1, 0.15) is 18.4 Å². The van der Waals surface area contributed by atoms with E-state index in [4.69, 9.17) is 28.6 Å². The van der Waals surface area contributed by atoms with Crippen molar-refractivity contribution in [3.63, 3.8) is 0 Å². The molecule has 0 spiro atoms. The summed E-state index contributed by atoms with van der Waals surface area (Å²) in [6.45, 7) is 1.53. The second-order valence-electron chi connectivity index (χ2n) is 7.28. The van der Waals surface area contributed by atoms with Crippen molar-refractivity contribution < 1.29 is 19.1 Å². The molecular weight excluding hydrogens is 476 g/mol. The van der Waals surface area contributed by atoms with Crippen LogP contribution in [0.5, 0.6) is 5.75 Å². The minimum absolute atomic E-state index is 0.0442. The van der Waals surface area contributed by atoms with Crippen molar-refractivity contribution in [1.29, 1.82) is 0 Å². The van der Waals surface area contributed by atoms with Crippen LogP contribution in [0, 0.1) is 6.92 Å². The lowest BCUT2D eigenvalue weighted by Crippen LogP contribution is -2.49. The number of hydrogen-bond acceptors (Lipinski definition) is 5. The zero-order chi connectivity index (χ0) is 24.5. The number of halogens is 1. The predicted molar refractivity (Wildman–Crippen MR) is 136 cm³/mol. The molecule has 0 aliphatic heterocycles. The number of amides is 3. The van der Waals surface area contributed by atoms with E-state index in [1.165, 1.54) is 0 Å². The first-order valence-corrected chi connectivity index (χ1v) is 11.2. The van der Waals surface area contributed by atoms with Crippen LogP contribution in [0.25, 0.3) is 10.8 Å². The van der Waals surface area contributed by atoms with Crippen LogP contribution in [0.2, 0.25) is 5.02 Å². The largest absolute Gasteiger partial charge is 0.483 e. The molecular formula is C24H23ClN4O4S. The summed E-state index contributed by atoms with van der Waals surface area (Å²) in [5, 5.41) is 7.46. The third kappa shape index (κ3) is 7.16. The number of benzene rings is 3. The molecule has 176 valence electrons. The second kappa shape index (κ2) is 12.0. The fourth-order valence-electron chi connectivity index (χ4n) is 3.03. The van der Waals surface area contributed by atoms with Gasteiger partial charge in [-0.3, -0.25) is 30.6 Å². The summed E-state index contributed by atoms with van der Waals surface area (Å²) < 4.78 is 5.60. The van der Waals surface area contributed by atoms with Gasteiger partial charge >= 0.3 is 0 Å². The van der Waals surface area contributed by atoms with E-state index < -0.39 is 11.8 Å². The monoisotopic (exact) mass is 498 g/mol. The van der Waals surface area contributed by atoms with Crippen LogP contribution in [0.4, 0.5) is 5.69 Å². The molecule has 3 aromatic carbocycles. The summed E-state index contributed by atoms with van der Waals surface area (Å²) in [4.78, 5) is 36.2. The third-order valence-corrected chi connectivity index (χ3v) is 5.41. The van der Waals surface area contributed by atoms with E-state index in [0.717, 1.165) is 16.3 Å². The van der Waals surface area contributed by atoms with Crippen LogP contribution < -0.4 is 26.2 Å². The first-order valence-electron chi connectivity index (χ1n) is 10.4. The summed E-state index contributed by atoms with van der Waals surface area (Å²) >= 11 is 11.0. The molecule has 0 aliphatic rings. The van der Waals surface area contributed by atoms with Gasteiger partial charge in [-0.2, -0.15) is 0 Å². The zero-order valence-corrected chi connectivity index (χ0v) is 19.9. The van der Waals surface area contributed by atoms with Crippen LogP contribution in [0.3, 0.4) is 0 Å². The van der Waals surface area contributed by atoms with Gasteiger partial charge < -0.3 is 10.1 Å². The number of rotatable bonds is 7. The van der Waals surface area contributed by atoms with E-state index in [9.17, 15) is 14.4 Å². The van der Waals surface area contributed by atoms with Crippen molar-refractivity contribution in [2.45, 2.75) is 19.8 Å². The van der Waals surface area contributed by atoms with Crippen molar-refractivity contribution in [1.82, 2.24) is 16.2 Å². The van der Waals surface area contributed by atoms with Crippen molar-refractivity contribution >= 4 is 63.1 Å². The van der Waals surface area contributed by atoms with Crippen molar-refractivity contribution in [3.8, 4) is 5.75 Å². The summed E-state index contributed by atoms with van der Waals surface area (Å²) in [6, 6.07) is 18.4. The molecule has 8 nitrogen and oxygen atoms in total. The van der Waals surface area contributed by atoms with Gasteiger partial charge in [-0.15, -0.1) is 0 Å². The van der Waals surface area contributed by atoms with Gasteiger partial charge in [0.05, 0.1) is 0 Å². The number of hydrogen-bond donors (Lipinski definition) is 4. The minimum atomic E-state index is -0.490. The SMILES string of the molecule is Cc1c(Cl)cccc1NC(=O)CCC(=O)NNC(=S)NC(=O)COc1cccc2ccccc12. The molecule has 34 heavy (non-hydrogen) atoms. The van der Waals surface area contributed by atoms with Gasteiger partial charge in [0, 0.05) is 28.9 Å². The maximum absolute atomic E-state index is 12.1. The van der Waals surface area contributed by atoms with E-state index in [1.54, 1.807) is 31.2 Å². The molecule has 0 radical (unpaired) electrons. The highest BCUT2D eigenvalue weighted by Gasteiger charge is 2.11. The Kier molecular flexibility index (Phi) is 8.78. The fraction of sp³-hybridized carbons (Fsp3) is 0.167. The third-order valence-electron chi connectivity index (χ3n) is 4.80. The summed E-state index contributed by atoms with van der Waals surface area (Å²) in [6.07, 6.45) is -0.128. The minimum Gasteiger partial charge on any atom is -0.483 e. The van der Waals surface area contributed by atoms with E-state index in [-0.39, 0.29) is 30.5 Å². The molecule has 0 bridgehead atoms. The molecule has 0 fully saturated rings. The summed E-state index contributed by atoms with van der Waals surface area (Å²) in [7, 11) is 0. The molecule has 3 amide bonds. The Morgan fingerprint density at radius 2 is 1.59 bits per heavy atom. The molecule has 3 aromatic rings. The average molecular weight is 499 g/mol. The number of anilines is 1. The maximum atomic E-state index is 12.1. The second-order valence-corrected chi connectivity index (χ2v) is 8.09. The molecule has 10 heteroatoms. The Morgan fingerprint density at radius 3 is 2.41 bits per heavy atom. The number of hydrazine groups is 1. The number of ether oxygens (including phenoxy) is 1. The van der Waals surface area contributed by atoms with Crippen molar-refractivity contribution in [2.75, 3.05) is 11.9 Å². The Hall–Kier alpha value is -3.69. The number of carbonyl (C=O) groups is 3.